The highest BCUT2D eigenvalue weighted by Crippen LogP contribution is 2.29. The Morgan fingerprint density at radius 2 is 2.08 bits per heavy atom. The highest BCUT2D eigenvalue weighted by atomic mass is 16.5. The minimum Gasteiger partial charge on any atom is -0.379 e. The molecular formula is C19H29N5O. The highest BCUT2D eigenvalue weighted by molar-refractivity contribution is 5.22. The molecule has 2 fully saturated rings. The molecule has 1 atom stereocenters. The number of morpholine rings is 1. The van der Waals surface area contributed by atoms with Crippen LogP contribution in [0.25, 0.3) is 0 Å². The maximum Gasteiger partial charge on any atom is 0.0594 e. The van der Waals surface area contributed by atoms with Gasteiger partial charge >= 0.3 is 0 Å². The van der Waals surface area contributed by atoms with Gasteiger partial charge in [-0.25, -0.2) is 0 Å². The van der Waals surface area contributed by atoms with Gasteiger partial charge in [-0.1, -0.05) is 0 Å². The monoisotopic (exact) mass is 343 g/mol. The lowest BCUT2D eigenvalue weighted by molar-refractivity contribution is 0.0339. The summed E-state index contributed by atoms with van der Waals surface area (Å²) in [5.74, 6) is 0.566. The highest BCUT2D eigenvalue weighted by Gasteiger charge is 2.25. The Morgan fingerprint density at radius 1 is 1.20 bits per heavy atom. The first-order valence-corrected chi connectivity index (χ1v) is 9.43. The van der Waals surface area contributed by atoms with Gasteiger partial charge in [0, 0.05) is 69.3 Å². The zero-order valence-electron chi connectivity index (χ0n) is 15.2. The summed E-state index contributed by atoms with van der Waals surface area (Å²) in [4.78, 5) is 5.06. The molecule has 2 aromatic rings. The van der Waals surface area contributed by atoms with Crippen molar-refractivity contribution in [3.05, 3.63) is 41.5 Å². The van der Waals surface area contributed by atoms with E-state index in [-0.39, 0.29) is 0 Å². The van der Waals surface area contributed by atoms with E-state index in [4.69, 9.17) is 4.74 Å². The molecule has 4 heterocycles. The summed E-state index contributed by atoms with van der Waals surface area (Å²) in [6.07, 6.45) is 8.90. The predicted octanol–water partition coefficient (Wildman–Crippen LogP) is 1.96. The molecule has 0 aliphatic carbocycles. The van der Waals surface area contributed by atoms with Crippen LogP contribution < -0.4 is 0 Å². The number of hydrogen-bond donors (Lipinski definition) is 1. The third kappa shape index (κ3) is 4.14. The van der Waals surface area contributed by atoms with Crippen molar-refractivity contribution in [2.45, 2.75) is 31.8 Å². The number of aromatic nitrogens is 3. The van der Waals surface area contributed by atoms with Gasteiger partial charge in [-0.05, 0) is 31.0 Å². The molecule has 0 amide bonds. The number of nitrogens with zero attached hydrogens (tertiary/aromatic N) is 4. The number of likely N-dealkylation sites (tertiary alicyclic amines) is 1. The number of H-pyrrole nitrogens is 1. The maximum atomic E-state index is 5.46. The molecule has 2 aromatic heterocycles. The standard InChI is InChI=1S/C19H29N5O/c1-22-6-4-16(12-22)13-24-5-2-3-17(14-24)19-18(11-20-21-19)15-23-7-9-25-10-8-23/h4,6,11-12,17H,2-3,5,7-10,13-15H2,1H3,(H,20,21). The SMILES string of the molecule is Cn1ccc(CN2CCCC(c3[nH]ncc3CN3CCOCC3)C2)c1. The van der Waals surface area contributed by atoms with Gasteiger partial charge in [0.2, 0.25) is 0 Å². The summed E-state index contributed by atoms with van der Waals surface area (Å²) < 4.78 is 7.60. The molecule has 6 nitrogen and oxygen atoms in total. The van der Waals surface area contributed by atoms with Crippen molar-refractivity contribution < 1.29 is 4.74 Å². The second-order valence-corrected chi connectivity index (χ2v) is 7.46. The fourth-order valence-corrected chi connectivity index (χ4v) is 4.15. The van der Waals surface area contributed by atoms with Crippen LogP contribution in [0.2, 0.25) is 0 Å². The Labute approximate surface area is 149 Å². The molecule has 2 aliphatic rings. The summed E-state index contributed by atoms with van der Waals surface area (Å²) in [5, 5.41) is 7.69. The summed E-state index contributed by atoms with van der Waals surface area (Å²) in [6.45, 7) is 8.09. The smallest absolute Gasteiger partial charge is 0.0594 e. The number of ether oxygens (including phenoxy) is 1. The minimum absolute atomic E-state index is 0.566. The zero-order chi connectivity index (χ0) is 17.1. The van der Waals surface area contributed by atoms with Gasteiger partial charge in [-0.15, -0.1) is 0 Å². The Morgan fingerprint density at radius 3 is 2.88 bits per heavy atom. The molecule has 0 aromatic carbocycles. The third-order valence-electron chi connectivity index (χ3n) is 5.46. The van der Waals surface area contributed by atoms with E-state index in [1.165, 1.54) is 36.2 Å². The number of piperidine rings is 1. The Balaban J connectivity index is 1.40. The maximum absolute atomic E-state index is 5.46. The van der Waals surface area contributed by atoms with Gasteiger partial charge in [0.1, 0.15) is 0 Å². The number of aryl methyl sites for hydroxylation is 1. The van der Waals surface area contributed by atoms with Crippen molar-refractivity contribution in [3.8, 4) is 0 Å². The van der Waals surface area contributed by atoms with E-state index in [0.717, 1.165) is 45.9 Å². The minimum atomic E-state index is 0.566. The first-order valence-electron chi connectivity index (χ1n) is 9.43. The second-order valence-electron chi connectivity index (χ2n) is 7.46. The van der Waals surface area contributed by atoms with Crippen LogP contribution in [0, 0.1) is 0 Å². The zero-order valence-corrected chi connectivity index (χ0v) is 15.2. The quantitative estimate of drug-likeness (QED) is 0.902. The molecule has 0 saturated carbocycles. The molecule has 6 heteroatoms. The van der Waals surface area contributed by atoms with E-state index >= 15 is 0 Å². The molecule has 136 valence electrons. The molecule has 0 radical (unpaired) electrons. The lowest BCUT2D eigenvalue weighted by Crippen LogP contribution is -2.37. The summed E-state index contributed by atoms with van der Waals surface area (Å²) in [5.41, 5.74) is 4.12. The van der Waals surface area contributed by atoms with Gasteiger partial charge < -0.3 is 9.30 Å². The Hall–Kier alpha value is -1.63. The molecule has 4 rings (SSSR count). The number of hydrogen-bond acceptors (Lipinski definition) is 4. The Bertz CT molecular complexity index is 673. The van der Waals surface area contributed by atoms with Gasteiger partial charge in [-0.2, -0.15) is 5.10 Å². The van der Waals surface area contributed by atoms with Crippen LogP contribution in [-0.4, -0.2) is 64.0 Å². The van der Waals surface area contributed by atoms with E-state index in [2.05, 4.69) is 50.1 Å². The van der Waals surface area contributed by atoms with E-state index in [1.807, 2.05) is 6.20 Å². The summed E-state index contributed by atoms with van der Waals surface area (Å²) in [6, 6.07) is 2.23. The molecule has 0 spiro atoms. The summed E-state index contributed by atoms with van der Waals surface area (Å²) in [7, 11) is 2.09. The number of nitrogens with one attached hydrogen (secondary N) is 1. The van der Waals surface area contributed by atoms with E-state index in [1.54, 1.807) is 0 Å². The molecule has 2 saturated heterocycles. The first kappa shape index (κ1) is 16.8. The van der Waals surface area contributed by atoms with Crippen molar-refractivity contribution in [2.24, 2.45) is 7.05 Å². The molecule has 1 unspecified atom stereocenters. The van der Waals surface area contributed by atoms with Crippen LogP contribution in [0.1, 0.15) is 35.6 Å². The molecule has 25 heavy (non-hydrogen) atoms. The van der Waals surface area contributed by atoms with Gasteiger partial charge in [0.25, 0.3) is 0 Å². The normalized spacial score (nSPS) is 23.2. The van der Waals surface area contributed by atoms with Crippen LogP contribution in [-0.2, 0) is 24.9 Å². The number of aromatic amines is 1. The third-order valence-corrected chi connectivity index (χ3v) is 5.46. The molecule has 2 aliphatic heterocycles. The van der Waals surface area contributed by atoms with Gasteiger partial charge in [0.05, 0.1) is 19.4 Å². The van der Waals surface area contributed by atoms with Crippen molar-refractivity contribution in [1.29, 1.82) is 0 Å². The van der Waals surface area contributed by atoms with Crippen LogP contribution in [0.3, 0.4) is 0 Å². The predicted molar refractivity (Wildman–Crippen MR) is 97.3 cm³/mol. The van der Waals surface area contributed by atoms with Crippen molar-refractivity contribution >= 4 is 0 Å². The van der Waals surface area contributed by atoms with Crippen molar-refractivity contribution in [3.63, 3.8) is 0 Å². The van der Waals surface area contributed by atoms with Crippen LogP contribution in [0.15, 0.2) is 24.7 Å². The first-order chi connectivity index (χ1) is 12.3. The average molecular weight is 343 g/mol. The molecule has 0 bridgehead atoms. The second kappa shape index (κ2) is 7.72. The van der Waals surface area contributed by atoms with Gasteiger partial charge in [-0.3, -0.25) is 14.9 Å². The van der Waals surface area contributed by atoms with Crippen LogP contribution in [0.5, 0.6) is 0 Å². The molecular weight excluding hydrogens is 314 g/mol. The fraction of sp³-hybridized carbons (Fsp3) is 0.632. The van der Waals surface area contributed by atoms with Crippen molar-refractivity contribution in [1.82, 2.24) is 24.6 Å². The number of rotatable bonds is 5. The van der Waals surface area contributed by atoms with Crippen molar-refractivity contribution in [2.75, 3.05) is 39.4 Å². The lowest BCUT2D eigenvalue weighted by Gasteiger charge is -2.33. The fourth-order valence-electron chi connectivity index (χ4n) is 4.15. The van der Waals surface area contributed by atoms with Crippen LogP contribution in [0.4, 0.5) is 0 Å². The molecule has 1 N–H and O–H groups in total. The Kier molecular flexibility index (Phi) is 5.20. The average Bonchev–Trinajstić information content (AvgIpc) is 3.25. The largest absolute Gasteiger partial charge is 0.379 e. The van der Waals surface area contributed by atoms with Crippen LogP contribution >= 0.6 is 0 Å². The van der Waals surface area contributed by atoms with E-state index < -0.39 is 0 Å². The topological polar surface area (TPSA) is 49.3 Å². The van der Waals surface area contributed by atoms with E-state index in [9.17, 15) is 0 Å². The summed E-state index contributed by atoms with van der Waals surface area (Å²) >= 11 is 0. The van der Waals surface area contributed by atoms with Gasteiger partial charge in [0.15, 0.2) is 0 Å². The lowest BCUT2D eigenvalue weighted by atomic mass is 9.92. The van der Waals surface area contributed by atoms with E-state index in [0.29, 0.717) is 5.92 Å².